The van der Waals surface area contributed by atoms with Crippen molar-refractivity contribution in [3.05, 3.63) is 22.6 Å². The van der Waals surface area contributed by atoms with Crippen LogP contribution in [-0.4, -0.2) is 20.7 Å². The third-order valence-corrected chi connectivity index (χ3v) is 4.75. The van der Waals surface area contributed by atoms with Crippen LogP contribution in [0.2, 0.25) is 0 Å². The van der Waals surface area contributed by atoms with E-state index >= 15 is 0 Å². The summed E-state index contributed by atoms with van der Waals surface area (Å²) in [7, 11) is 0. The summed E-state index contributed by atoms with van der Waals surface area (Å²) in [5.74, 6) is 0.809. The van der Waals surface area contributed by atoms with Gasteiger partial charge in [-0.05, 0) is 34.7 Å². The minimum absolute atomic E-state index is 0.197. The molecule has 0 radical (unpaired) electrons. The molecule has 3 rings (SSSR count). The fraction of sp³-hybridized carbons (Fsp3) is 0.533. The molecule has 0 saturated heterocycles. The van der Waals surface area contributed by atoms with Gasteiger partial charge in [-0.2, -0.15) is 0 Å². The summed E-state index contributed by atoms with van der Waals surface area (Å²) in [5.41, 5.74) is 1.75. The molecule has 1 N–H and O–H groups in total. The summed E-state index contributed by atoms with van der Waals surface area (Å²) in [6.07, 6.45) is 7.66. The maximum absolute atomic E-state index is 13.0. The van der Waals surface area contributed by atoms with Crippen LogP contribution in [0.15, 0.2) is 17.0 Å². The number of hydrogen-bond donors (Lipinski definition) is 1. The van der Waals surface area contributed by atoms with E-state index in [0.717, 1.165) is 19.3 Å². The van der Waals surface area contributed by atoms with Crippen LogP contribution >= 0.6 is 15.9 Å². The number of aromatic nitrogens is 3. The summed E-state index contributed by atoms with van der Waals surface area (Å²) in [6.45, 7) is 4.32. The van der Waals surface area contributed by atoms with Gasteiger partial charge in [-0.3, -0.25) is 4.79 Å². The van der Waals surface area contributed by atoms with Gasteiger partial charge in [0, 0.05) is 11.6 Å². The van der Waals surface area contributed by atoms with Crippen molar-refractivity contribution in [1.29, 1.82) is 0 Å². The lowest BCUT2D eigenvalue weighted by atomic mass is 9.68. The summed E-state index contributed by atoms with van der Waals surface area (Å²) in [5, 5.41) is 0. The Morgan fingerprint density at radius 2 is 2.35 bits per heavy atom. The van der Waals surface area contributed by atoms with Gasteiger partial charge >= 0.3 is 0 Å². The number of aromatic amines is 1. The van der Waals surface area contributed by atoms with Crippen LogP contribution in [0.5, 0.6) is 0 Å². The van der Waals surface area contributed by atoms with E-state index in [1.807, 2.05) is 0 Å². The molecule has 0 bridgehead atoms. The number of nitrogens with zero attached hydrogens (tertiary/aromatic N) is 2. The Balaban J connectivity index is 2.02. The highest BCUT2D eigenvalue weighted by atomic mass is 79.9. The zero-order valence-corrected chi connectivity index (χ0v) is 13.3. The molecule has 2 heterocycles. The van der Waals surface area contributed by atoms with Crippen molar-refractivity contribution in [3.63, 3.8) is 0 Å². The van der Waals surface area contributed by atoms with Crippen LogP contribution in [0.3, 0.4) is 0 Å². The molecule has 0 spiro atoms. The van der Waals surface area contributed by atoms with E-state index in [4.69, 9.17) is 0 Å². The van der Waals surface area contributed by atoms with Crippen molar-refractivity contribution >= 4 is 32.9 Å². The molecule has 0 aliphatic heterocycles. The molecule has 2 aromatic rings. The number of carbonyl (C=O) groups is 1. The van der Waals surface area contributed by atoms with E-state index in [-0.39, 0.29) is 11.2 Å². The van der Waals surface area contributed by atoms with Crippen LogP contribution in [0.25, 0.3) is 11.2 Å². The highest BCUT2D eigenvalue weighted by Gasteiger charge is 2.38. The first-order chi connectivity index (χ1) is 9.49. The van der Waals surface area contributed by atoms with Gasteiger partial charge < -0.3 is 4.98 Å². The number of nitrogens with one attached hydrogen (secondary N) is 1. The van der Waals surface area contributed by atoms with Gasteiger partial charge in [-0.1, -0.05) is 26.7 Å². The highest BCUT2D eigenvalue weighted by Crippen LogP contribution is 2.42. The smallest absolute Gasteiger partial charge is 0.172 e. The molecule has 1 fully saturated rings. The third kappa shape index (κ3) is 2.28. The molecular weight excluding hydrogens is 318 g/mol. The molecule has 2 aromatic heterocycles. The Kier molecular flexibility index (Phi) is 3.40. The molecule has 0 amide bonds. The number of hydrogen-bond acceptors (Lipinski definition) is 3. The van der Waals surface area contributed by atoms with E-state index < -0.39 is 0 Å². The lowest BCUT2D eigenvalue weighted by molar-refractivity contribution is 0.0703. The van der Waals surface area contributed by atoms with Crippen molar-refractivity contribution < 1.29 is 4.79 Å². The lowest BCUT2D eigenvalue weighted by Crippen LogP contribution is -2.33. The second-order valence-corrected chi connectivity index (χ2v) is 7.00. The molecule has 2 unspecified atom stereocenters. The number of H-pyrrole nitrogens is 1. The zero-order valence-electron chi connectivity index (χ0n) is 11.7. The number of carbonyl (C=O) groups excluding carboxylic acids is 1. The Labute approximate surface area is 126 Å². The molecule has 5 heteroatoms. The predicted octanol–water partition coefficient (Wildman–Crippen LogP) is 4.12. The monoisotopic (exact) mass is 335 g/mol. The number of Topliss-reactive ketones (excluding diaryl/α,β-unsaturated/α-hetero) is 1. The van der Waals surface area contributed by atoms with Crippen molar-refractivity contribution in [2.24, 2.45) is 11.3 Å². The Morgan fingerprint density at radius 3 is 3.10 bits per heavy atom. The van der Waals surface area contributed by atoms with Gasteiger partial charge in [0.25, 0.3) is 0 Å². The van der Waals surface area contributed by atoms with Gasteiger partial charge in [0.05, 0.1) is 11.8 Å². The molecular formula is C15H18BrN3O. The second-order valence-electron chi connectivity index (χ2n) is 6.18. The average molecular weight is 336 g/mol. The number of ketones is 1. The minimum Gasteiger partial charge on any atom is -0.344 e. The molecule has 1 aliphatic carbocycles. The van der Waals surface area contributed by atoms with Crippen LogP contribution in [-0.2, 0) is 0 Å². The zero-order chi connectivity index (χ0) is 14.3. The fourth-order valence-electron chi connectivity index (χ4n) is 3.39. The van der Waals surface area contributed by atoms with E-state index in [9.17, 15) is 4.79 Å². The molecule has 20 heavy (non-hydrogen) atoms. The van der Waals surface area contributed by atoms with Crippen molar-refractivity contribution in [1.82, 2.24) is 15.0 Å². The van der Waals surface area contributed by atoms with Crippen molar-refractivity contribution in [2.75, 3.05) is 0 Å². The molecule has 1 saturated carbocycles. The molecule has 106 valence electrons. The third-order valence-electron chi connectivity index (χ3n) is 4.37. The average Bonchev–Trinajstić information content (AvgIpc) is 2.80. The summed E-state index contributed by atoms with van der Waals surface area (Å²) in [4.78, 5) is 24.7. The van der Waals surface area contributed by atoms with Gasteiger partial charge in [-0.25, -0.2) is 9.97 Å². The van der Waals surface area contributed by atoms with Gasteiger partial charge in [0.2, 0.25) is 0 Å². The summed E-state index contributed by atoms with van der Waals surface area (Å²) >= 11 is 3.32. The first-order valence-electron chi connectivity index (χ1n) is 7.04. The fourth-order valence-corrected chi connectivity index (χ4v) is 3.67. The first kappa shape index (κ1) is 13.7. The summed E-state index contributed by atoms with van der Waals surface area (Å²) in [6, 6.07) is 0. The first-order valence-corrected chi connectivity index (χ1v) is 7.83. The van der Waals surface area contributed by atoms with E-state index in [1.165, 1.54) is 6.42 Å². The minimum atomic E-state index is -0.267. The topological polar surface area (TPSA) is 58.6 Å². The van der Waals surface area contributed by atoms with E-state index in [1.54, 1.807) is 12.4 Å². The molecule has 0 aromatic carbocycles. The van der Waals surface area contributed by atoms with Crippen LogP contribution in [0.4, 0.5) is 0 Å². The van der Waals surface area contributed by atoms with Crippen LogP contribution < -0.4 is 0 Å². The number of rotatable bonds is 2. The standard InChI is InChI=1S/C15H18BrN3O/c1-9-4-3-5-15(2,6-9)13(20)10-7-17-14-12(10)19-11(16)8-18-14/h7-9H,3-6H2,1-2H3,(H,17,18). The Bertz CT molecular complexity index is 666. The maximum Gasteiger partial charge on any atom is 0.172 e. The number of halogens is 1. The maximum atomic E-state index is 13.0. The van der Waals surface area contributed by atoms with Crippen molar-refractivity contribution in [3.8, 4) is 0 Å². The van der Waals surface area contributed by atoms with E-state index in [0.29, 0.717) is 27.2 Å². The Morgan fingerprint density at radius 1 is 1.55 bits per heavy atom. The normalized spacial score (nSPS) is 26.9. The molecule has 4 nitrogen and oxygen atoms in total. The quantitative estimate of drug-likeness (QED) is 0.839. The largest absolute Gasteiger partial charge is 0.344 e. The van der Waals surface area contributed by atoms with Crippen molar-refractivity contribution in [2.45, 2.75) is 39.5 Å². The molecule has 1 aliphatic rings. The number of fused-ring (bicyclic) bond motifs is 1. The second kappa shape index (κ2) is 4.95. The SMILES string of the molecule is CC1CCCC(C)(C(=O)c2c[nH]c3ncc(Br)nc23)C1. The summed E-state index contributed by atoms with van der Waals surface area (Å²) < 4.78 is 0.654. The molecule has 2 atom stereocenters. The lowest BCUT2D eigenvalue weighted by Gasteiger charge is -2.35. The highest BCUT2D eigenvalue weighted by molar-refractivity contribution is 9.10. The van der Waals surface area contributed by atoms with Crippen LogP contribution in [0, 0.1) is 11.3 Å². The van der Waals surface area contributed by atoms with Gasteiger partial charge in [0.1, 0.15) is 10.1 Å². The van der Waals surface area contributed by atoms with Crippen LogP contribution in [0.1, 0.15) is 49.9 Å². The van der Waals surface area contributed by atoms with E-state index in [2.05, 4.69) is 44.7 Å². The Hall–Kier alpha value is -1.23. The predicted molar refractivity (Wildman–Crippen MR) is 81.7 cm³/mol. The van der Waals surface area contributed by atoms with Gasteiger partial charge in [-0.15, -0.1) is 0 Å². The van der Waals surface area contributed by atoms with Gasteiger partial charge in [0.15, 0.2) is 11.4 Å².